The molecule has 0 aliphatic rings. The van der Waals surface area contributed by atoms with E-state index in [9.17, 15) is 8.42 Å². The molecule has 0 atom stereocenters. The van der Waals surface area contributed by atoms with Crippen molar-refractivity contribution in [3.05, 3.63) is 54.1 Å². The van der Waals surface area contributed by atoms with Crippen molar-refractivity contribution >= 4 is 10.0 Å². The van der Waals surface area contributed by atoms with Crippen molar-refractivity contribution in [1.29, 1.82) is 0 Å². The number of ether oxygens (including phenoxy) is 2. The normalized spacial score (nSPS) is 11.5. The van der Waals surface area contributed by atoms with Gasteiger partial charge in [0.15, 0.2) is 11.5 Å². The van der Waals surface area contributed by atoms with E-state index in [4.69, 9.17) is 9.47 Å². The fourth-order valence-corrected chi connectivity index (χ4v) is 3.20. The summed E-state index contributed by atoms with van der Waals surface area (Å²) in [4.78, 5) is 0.254. The predicted molar refractivity (Wildman–Crippen MR) is 94.2 cm³/mol. The summed E-state index contributed by atoms with van der Waals surface area (Å²) in [6.07, 6.45) is 0. The first-order valence-electron chi connectivity index (χ1n) is 7.79. The molecule has 0 bridgehead atoms. The molecule has 24 heavy (non-hydrogen) atoms. The fourth-order valence-electron chi connectivity index (χ4n) is 2.19. The van der Waals surface area contributed by atoms with Gasteiger partial charge in [-0.3, -0.25) is 0 Å². The van der Waals surface area contributed by atoms with Crippen molar-refractivity contribution in [2.75, 3.05) is 20.3 Å². The highest BCUT2D eigenvalue weighted by molar-refractivity contribution is 7.89. The van der Waals surface area contributed by atoms with Crippen molar-refractivity contribution in [3.8, 4) is 11.5 Å². The number of nitrogens with one attached hydrogen (secondary N) is 1. The maximum absolute atomic E-state index is 12.3. The summed E-state index contributed by atoms with van der Waals surface area (Å²) < 4.78 is 37.8. The van der Waals surface area contributed by atoms with Crippen LogP contribution in [0.15, 0.2) is 53.4 Å². The van der Waals surface area contributed by atoms with E-state index in [-0.39, 0.29) is 18.0 Å². The second kappa shape index (κ2) is 8.17. The number of benzene rings is 2. The van der Waals surface area contributed by atoms with Gasteiger partial charge in [-0.2, -0.15) is 0 Å². The van der Waals surface area contributed by atoms with Gasteiger partial charge >= 0.3 is 0 Å². The number of rotatable bonds is 8. The molecule has 1 N–H and O–H groups in total. The molecule has 0 saturated carbocycles. The van der Waals surface area contributed by atoms with E-state index >= 15 is 0 Å². The fraction of sp³-hybridized carbons (Fsp3) is 0.333. The highest BCUT2D eigenvalue weighted by Crippen LogP contribution is 2.25. The van der Waals surface area contributed by atoms with Crippen LogP contribution in [0.4, 0.5) is 0 Å². The van der Waals surface area contributed by atoms with E-state index in [2.05, 4.69) is 18.6 Å². The molecule has 2 aromatic carbocycles. The maximum Gasteiger partial charge on any atom is 0.240 e. The molecule has 0 aromatic heterocycles. The average Bonchev–Trinajstić information content (AvgIpc) is 2.59. The van der Waals surface area contributed by atoms with Gasteiger partial charge < -0.3 is 9.47 Å². The van der Waals surface area contributed by atoms with Crippen LogP contribution in [0.5, 0.6) is 11.5 Å². The molecule has 0 heterocycles. The standard InChI is InChI=1S/C18H23NO4S/c1-14(2)15-8-10-16(11-9-15)24(20,21)19-12-13-23-18-7-5-4-6-17(18)22-3/h4-11,14,19H,12-13H2,1-3H3. The number of methoxy groups -OCH3 is 1. The lowest BCUT2D eigenvalue weighted by molar-refractivity contribution is 0.299. The largest absolute Gasteiger partial charge is 0.493 e. The minimum absolute atomic E-state index is 0.173. The molecule has 0 fully saturated rings. The first-order valence-corrected chi connectivity index (χ1v) is 9.28. The van der Waals surface area contributed by atoms with Crippen LogP contribution < -0.4 is 14.2 Å². The molecule has 0 spiro atoms. The van der Waals surface area contributed by atoms with Gasteiger partial charge in [-0.25, -0.2) is 13.1 Å². The van der Waals surface area contributed by atoms with Crippen molar-refractivity contribution < 1.29 is 17.9 Å². The zero-order valence-corrected chi connectivity index (χ0v) is 15.0. The molecule has 0 amide bonds. The van der Waals surface area contributed by atoms with Gasteiger partial charge in [0.2, 0.25) is 10.0 Å². The Morgan fingerprint density at radius 1 is 1.00 bits per heavy atom. The summed E-state index contributed by atoms with van der Waals surface area (Å²) in [5.74, 6) is 1.56. The lowest BCUT2D eigenvalue weighted by Gasteiger charge is -2.11. The van der Waals surface area contributed by atoms with E-state index in [0.29, 0.717) is 17.4 Å². The minimum Gasteiger partial charge on any atom is -0.493 e. The number of para-hydroxylation sites is 2. The molecule has 0 aliphatic carbocycles. The first-order chi connectivity index (χ1) is 11.4. The SMILES string of the molecule is COc1ccccc1OCCNS(=O)(=O)c1ccc(C(C)C)cc1. The molecule has 2 aromatic rings. The molecule has 5 nitrogen and oxygen atoms in total. The molecular weight excluding hydrogens is 326 g/mol. The van der Waals surface area contributed by atoms with E-state index in [1.165, 1.54) is 0 Å². The van der Waals surface area contributed by atoms with Gasteiger partial charge in [-0.1, -0.05) is 38.1 Å². The quantitative estimate of drug-likeness (QED) is 0.744. The smallest absolute Gasteiger partial charge is 0.240 e. The highest BCUT2D eigenvalue weighted by atomic mass is 32.2. The Balaban J connectivity index is 1.91. The summed E-state index contributed by atoms with van der Waals surface area (Å²) in [6, 6.07) is 14.2. The van der Waals surface area contributed by atoms with Crippen LogP contribution in [-0.4, -0.2) is 28.7 Å². The number of hydrogen-bond donors (Lipinski definition) is 1. The summed E-state index contributed by atoms with van der Waals surface area (Å²) in [5, 5.41) is 0. The highest BCUT2D eigenvalue weighted by Gasteiger charge is 2.14. The van der Waals surface area contributed by atoms with Crippen LogP contribution in [0.1, 0.15) is 25.3 Å². The second-order valence-corrected chi connectivity index (χ2v) is 7.39. The Labute approximate surface area is 143 Å². The van der Waals surface area contributed by atoms with Gasteiger partial charge in [0.05, 0.1) is 12.0 Å². The summed E-state index contributed by atoms with van der Waals surface area (Å²) >= 11 is 0. The lowest BCUT2D eigenvalue weighted by atomic mass is 10.0. The summed E-state index contributed by atoms with van der Waals surface area (Å²) in [6.45, 7) is 4.52. The number of sulfonamides is 1. The Kier molecular flexibility index (Phi) is 6.23. The Morgan fingerprint density at radius 2 is 1.62 bits per heavy atom. The van der Waals surface area contributed by atoms with Gasteiger partial charge in [0.1, 0.15) is 6.61 Å². The van der Waals surface area contributed by atoms with Gasteiger partial charge in [0, 0.05) is 6.54 Å². The lowest BCUT2D eigenvalue weighted by Crippen LogP contribution is -2.28. The van der Waals surface area contributed by atoms with Gasteiger partial charge in [-0.05, 0) is 35.7 Å². The average molecular weight is 349 g/mol. The van der Waals surface area contributed by atoms with Crippen molar-refractivity contribution in [3.63, 3.8) is 0 Å². The predicted octanol–water partition coefficient (Wildman–Crippen LogP) is 3.18. The van der Waals surface area contributed by atoms with Crippen LogP contribution in [0.25, 0.3) is 0 Å². The van der Waals surface area contributed by atoms with Crippen molar-refractivity contribution in [1.82, 2.24) is 4.72 Å². The molecule has 130 valence electrons. The zero-order valence-electron chi connectivity index (χ0n) is 14.2. The van der Waals surface area contributed by atoms with Crippen LogP contribution in [0.2, 0.25) is 0 Å². The van der Waals surface area contributed by atoms with E-state index in [0.717, 1.165) is 5.56 Å². The van der Waals surface area contributed by atoms with Crippen molar-refractivity contribution in [2.45, 2.75) is 24.7 Å². The molecule has 2 rings (SSSR count). The maximum atomic E-state index is 12.3. The van der Waals surface area contributed by atoms with E-state index in [1.54, 1.807) is 31.4 Å². The topological polar surface area (TPSA) is 64.6 Å². The van der Waals surface area contributed by atoms with Crippen LogP contribution in [-0.2, 0) is 10.0 Å². The molecular formula is C18H23NO4S. The monoisotopic (exact) mass is 349 g/mol. The zero-order chi connectivity index (χ0) is 17.6. The van der Waals surface area contributed by atoms with Crippen LogP contribution >= 0.6 is 0 Å². The molecule has 0 radical (unpaired) electrons. The van der Waals surface area contributed by atoms with E-state index in [1.807, 2.05) is 24.3 Å². The number of hydrogen-bond acceptors (Lipinski definition) is 4. The van der Waals surface area contributed by atoms with Gasteiger partial charge in [0.25, 0.3) is 0 Å². The third kappa shape index (κ3) is 4.72. The minimum atomic E-state index is -3.53. The first kappa shape index (κ1) is 18.3. The Morgan fingerprint density at radius 3 is 2.21 bits per heavy atom. The Hall–Kier alpha value is -2.05. The molecule has 6 heteroatoms. The second-order valence-electron chi connectivity index (χ2n) is 5.62. The van der Waals surface area contributed by atoms with Crippen LogP contribution in [0, 0.1) is 0 Å². The van der Waals surface area contributed by atoms with E-state index < -0.39 is 10.0 Å². The molecule has 0 saturated heterocycles. The third-order valence-electron chi connectivity index (χ3n) is 3.58. The molecule has 0 aliphatic heterocycles. The molecule has 0 unspecified atom stereocenters. The van der Waals surface area contributed by atoms with Crippen molar-refractivity contribution in [2.24, 2.45) is 0 Å². The summed E-state index contributed by atoms with van der Waals surface area (Å²) in [7, 11) is -1.97. The Bertz CT molecular complexity index is 755. The third-order valence-corrected chi connectivity index (χ3v) is 5.05. The van der Waals surface area contributed by atoms with Crippen LogP contribution in [0.3, 0.4) is 0 Å². The van der Waals surface area contributed by atoms with Gasteiger partial charge in [-0.15, -0.1) is 0 Å². The summed E-state index contributed by atoms with van der Waals surface area (Å²) in [5.41, 5.74) is 1.11.